The second-order valence-corrected chi connectivity index (χ2v) is 7.08. The van der Waals surface area contributed by atoms with Gasteiger partial charge in [0.2, 0.25) is 5.88 Å². The van der Waals surface area contributed by atoms with Crippen LogP contribution in [0.1, 0.15) is 12.5 Å². The number of piperazine rings is 1. The van der Waals surface area contributed by atoms with Gasteiger partial charge in [-0.25, -0.2) is 0 Å². The van der Waals surface area contributed by atoms with Crippen LogP contribution in [0.4, 0.5) is 0 Å². The Hall–Kier alpha value is -2.99. The summed E-state index contributed by atoms with van der Waals surface area (Å²) in [7, 11) is 0. The van der Waals surface area contributed by atoms with E-state index in [2.05, 4.69) is 39.4 Å². The van der Waals surface area contributed by atoms with Gasteiger partial charge in [0.25, 0.3) is 5.91 Å². The predicted octanol–water partition coefficient (Wildman–Crippen LogP) is 2.74. The molecule has 6 nitrogen and oxygen atoms in total. The predicted molar refractivity (Wildman–Crippen MR) is 108 cm³/mol. The van der Waals surface area contributed by atoms with E-state index in [-0.39, 0.29) is 5.91 Å². The van der Waals surface area contributed by atoms with Crippen LogP contribution in [0, 0.1) is 0 Å². The Morgan fingerprint density at radius 2 is 1.75 bits per heavy atom. The number of hydrogen-bond donors (Lipinski definition) is 0. The summed E-state index contributed by atoms with van der Waals surface area (Å²) in [5, 5.41) is 9.87. The third kappa shape index (κ3) is 4.12. The van der Waals surface area contributed by atoms with Gasteiger partial charge in [-0.1, -0.05) is 48.5 Å². The summed E-state index contributed by atoms with van der Waals surface area (Å²) in [6.45, 7) is 5.84. The number of fused-ring (bicyclic) bond motifs is 1. The molecular formula is C22H24N4O2. The zero-order chi connectivity index (χ0) is 19.3. The highest BCUT2D eigenvalue weighted by Crippen LogP contribution is 2.22. The molecule has 0 radical (unpaired) electrons. The van der Waals surface area contributed by atoms with Crippen molar-refractivity contribution in [3.8, 4) is 5.88 Å². The van der Waals surface area contributed by atoms with E-state index in [9.17, 15) is 4.79 Å². The van der Waals surface area contributed by atoms with Crippen LogP contribution in [-0.2, 0) is 11.3 Å². The highest BCUT2D eigenvalue weighted by atomic mass is 16.5. The normalized spacial score (nSPS) is 16.1. The van der Waals surface area contributed by atoms with E-state index in [0.717, 1.165) is 30.4 Å². The Morgan fingerprint density at radius 3 is 2.54 bits per heavy atom. The number of benzene rings is 2. The van der Waals surface area contributed by atoms with Crippen LogP contribution in [0.5, 0.6) is 5.88 Å². The zero-order valence-electron chi connectivity index (χ0n) is 16.0. The number of aromatic nitrogens is 2. The molecular weight excluding hydrogens is 352 g/mol. The summed E-state index contributed by atoms with van der Waals surface area (Å²) in [5.74, 6) is 0.399. The first-order chi connectivity index (χ1) is 13.7. The minimum absolute atomic E-state index is 0.00547. The average Bonchev–Trinajstić information content (AvgIpc) is 2.75. The van der Waals surface area contributed by atoms with Crippen molar-refractivity contribution in [2.24, 2.45) is 0 Å². The summed E-state index contributed by atoms with van der Waals surface area (Å²) in [5.41, 5.74) is 1.30. The molecule has 1 aliphatic heterocycles. The van der Waals surface area contributed by atoms with Crippen LogP contribution in [-0.4, -0.2) is 58.2 Å². The Kier molecular flexibility index (Phi) is 5.48. The molecule has 2 aromatic carbocycles. The zero-order valence-corrected chi connectivity index (χ0v) is 16.0. The van der Waals surface area contributed by atoms with Gasteiger partial charge >= 0.3 is 0 Å². The summed E-state index contributed by atoms with van der Waals surface area (Å²) < 4.78 is 5.89. The molecule has 3 aromatic rings. The molecule has 1 fully saturated rings. The van der Waals surface area contributed by atoms with Crippen LogP contribution < -0.4 is 4.74 Å². The van der Waals surface area contributed by atoms with E-state index in [1.165, 1.54) is 5.56 Å². The molecule has 0 N–H and O–H groups in total. The fourth-order valence-corrected chi connectivity index (χ4v) is 3.53. The van der Waals surface area contributed by atoms with Crippen LogP contribution in [0.2, 0.25) is 0 Å². The Labute approximate surface area is 164 Å². The molecule has 1 aromatic heterocycles. The first kappa shape index (κ1) is 18.4. The van der Waals surface area contributed by atoms with E-state index < -0.39 is 6.10 Å². The van der Waals surface area contributed by atoms with Crippen molar-refractivity contribution < 1.29 is 9.53 Å². The van der Waals surface area contributed by atoms with Crippen LogP contribution >= 0.6 is 0 Å². The molecule has 1 unspecified atom stereocenters. The lowest BCUT2D eigenvalue weighted by Gasteiger charge is -2.35. The molecule has 6 heteroatoms. The van der Waals surface area contributed by atoms with Gasteiger partial charge < -0.3 is 9.64 Å². The van der Waals surface area contributed by atoms with Crippen LogP contribution in [0.15, 0.2) is 60.8 Å². The third-order valence-electron chi connectivity index (χ3n) is 5.11. The van der Waals surface area contributed by atoms with E-state index in [1.54, 1.807) is 13.1 Å². The van der Waals surface area contributed by atoms with Crippen molar-refractivity contribution in [2.75, 3.05) is 26.2 Å². The second-order valence-electron chi connectivity index (χ2n) is 7.08. The standard InChI is InChI=1S/C22H24N4O2/c1-17(28-21-20-10-6-5-9-19(20)15-23-24-21)22(27)26-13-11-25(12-14-26)16-18-7-3-2-4-8-18/h2-10,15,17H,11-14,16H2,1H3. The largest absolute Gasteiger partial charge is 0.463 e. The fraction of sp³-hybridized carbons (Fsp3) is 0.318. The molecule has 1 amide bonds. The minimum atomic E-state index is -0.597. The van der Waals surface area contributed by atoms with E-state index in [0.29, 0.717) is 19.0 Å². The number of hydrogen-bond acceptors (Lipinski definition) is 5. The van der Waals surface area contributed by atoms with Gasteiger partial charge in [0.15, 0.2) is 6.10 Å². The van der Waals surface area contributed by atoms with Gasteiger partial charge in [-0.15, -0.1) is 5.10 Å². The van der Waals surface area contributed by atoms with Crippen molar-refractivity contribution in [1.82, 2.24) is 20.0 Å². The monoisotopic (exact) mass is 376 g/mol. The third-order valence-corrected chi connectivity index (χ3v) is 5.11. The maximum absolute atomic E-state index is 12.8. The van der Waals surface area contributed by atoms with Gasteiger partial charge in [0.1, 0.15) is 0 Å². The van der Waals surface area contributed by atoms with E-state index in [1.807, 2.05) is 35.2 Å². The highest BCUT2D eigenvalue weighted by molar-refractivity contribution is 5.86. The fourth-order valence-electron chi connectivity index (χ4n) is 3.53. The number of rotatable bonds is 5. The minimum Gasteiger partial charge on any atom is -0.463 e. The first-order valence-electron chi connectivity index (χ1n) is 9.63. The molecule has 0 bridgehead atoms. The molecule has 28 heavy (non-hydrogen) atoms. The SMILES string of the molecule is CC(Oc1nncc2ccccc12)C(=O)N1CCN(Cc2ccccc2)CC1. The number of ether oxygens (including phenoxy) is 1. The summed E-state index contributed by atoms with van der Waals surface area (Å²) in [4.78, 5) is 17.1. The van der Waals surface area contributed by atoms with E-state index >= 15 is 0 Å². The van der Waals surface area contributed by atoms with Gasteiger partial charge in [0, 0.05) is 43.5 Å². The summed E-state index contributed by atoms with van der Waals surface area (Å²) in [6.07, 6.45) is 1.10. The summed E-state index contributed by atoms with van der Waals surface area (Å²) >= 11 is 0. The molecule has 0 spiro atoms. The van der Waals surface area contributed by atoms with Crippen molar-refractivity contribution in [2.45, 2.75) is 19.6 Å². The number of amides is 1. The molecule has 1 saturated heterocycles. The Balaban J connectivity index is 1.34. The number of carbonyl (C=O) groups excluding carboxylic acids is 1. The van der Waals surface area contributed by atoms with E-state index in [4.69, 9.17) is 4.74 Å². The van der Waals surface area contributed by atoms with Crippen molar-refractivity contribution >= 4 is 16.7 Å². The van der Waals surface area contributed by atoms with Gasteiger partial charge in [-0.3, -0.25) is 9.69 Å². The lowest BCUT2D eigenvalue weighted by atomic mass is 10.2. The van der Waals surface area contributed by atoms with Gasteiger partial charge in [-0.2, -0.15) is 5.10 Å². The lowest BCUT2D eigenvalue weighted by Crippen LogP contribution is -2.51. The summed E-state index contributed by atoms with van der Waals surface area (Å²) in [6, 6.07) is 18.2. The Bertz CT molecular complexity index is 934. The maximum Gasteiger partial charge on any atom is 0.263 e. The number of carbonyl (C=O) groups is 1. The molecule has 144 valence electrons. The molecule has 4 rings (SSSR count). The van der Waals surface area contributed by atoms with Crippen molar-refractivity contribution in [3.05, 3.63) is 66.4 Å². The van der Waals surface area contributed by atoms with Crippen molar-refractivity contribution in [3.63, 3.8) is 0 Å². The first-order valence-corrected chi connectivity index (χ1v) is 9.63. The maximum atomic E-state index is 12.8. The molecule has 0 aliphatic carbocycles. The molecule has 1 atom stereocenters. The van der Waals surface area contributed by atoms with Crippen LogP contribution in [0.3, 0.4) is 0 Å². The topological polar surface area (TPSA) is 58.6 Å². The second kappa shape index (κ2) is 8.35. The lowest BCUT2D eigenvalue weighted by molar-refractivity contribution is -0.139. The highest BCUT2D eigenvalue weighted by Gasteiger charge is 2.26. The quantitative estimate of drug-likeness (QED) is 0.685. The Morgan fingerprint density at radius 1 is 1.04 bits per heavy atom. The van der Waals surface area contributed by atoms with Crippen molar-refractivity contribution in [1.29, 1.82) is 0 Å². The van der Waals surface area contributed by atoms with Gasteiger partial charge in [-0.05, 0) is 18.6 Å². The van der Waals surface area contributed by atoms with Gasteiger partial charge in [0.05, 0.1) is 6.20 Å². The number of nitrogens with zero attached hydrogens (tertiary/aromatic N) is 4. The molecule has 1 aliphatic rings. The van der Waals surface area contributed by atoms with Crippen LogP contribution in [0.25, 0.3) is 10.8 Å². The molecule has 2 heterocycles. The molecule has 0 saturated carbocycles. The average molecular weight is 376 g/mol. The smallest absolute Gasteiger partial charge is 0.263 e.